The van der Waals surface area contributed by atoms with Crippen molar-refractivity contribution in [1.82, 2.24) is 0 Å². The molecule has 0 aromatic carbocycles. The zero-order chi connectivity index (χ0) is 19.2. The van der Waals surface area contributed by atoms with Crippen LogP contribution in [-0.2, 0) is 9.53 Å². The molecule has 130 valence electrons. The molecule has 0 N–H and O–H groups in total. The fourth-order valence-electron chi connectivity index (χ4n) is 3.28. The first kappa shape index (κ1) is 20.6. The van der Waals surface area contributed by atoms with Gasteiger partial charge in [-0.25, -0.2) is 4.79 Å². The van der Waals surface area contributed by atoms with Crippen molar-refractivity contribution < 1.29 is 9.53 Å². The van der Waals surface area contributed by atoms with Crippen molar-refractivity contribution >= 4 is 17.7 Å². The topological polar surface area (TPSA) is 97.7 Å². The summed E-state index contributed by atoms with van der Waals surface area (Å²) in [7, 11) is 0. The number of nitrogens with zero attached hydrogens (tertiary/aromatic N) is 3. The molecule has 1 rings (SSSR count). The summed E-state index contributed by atoms with van der Waals surface area (Å²) in [6.07, 6.45) is 4.34. The molecule has 0 heterocycles. The van der Waals surface area contributed by atoms with Crippen LogP contribution in [0.25, 0.3) is 0 Å². The van der Waals surface area contributed by atoms with Crippen LogP contribution in [0.2, 0.25) is 0 Å². The maximum atomic E-state index is 12.2. The highest BCUT2D eigenvalue weighted by Gasteiger charge is 2.41. The van der Waals surface area contributed by atoms with Gasteiger partial charge in [-0.15, -0.1) is 11.8 Å². The maximum absolute atomic E-state index is 12.2. The second kappa shape index (κ2) is 8.56. The van der Waals surface area contributed by atoms with Gasteiger partial charge in [-0.1, -0.05) is 25.5 Å². The van der Waals surface area contributed by atoms with Crippen LogP contribution in [0.15, 0.2) is 33.3 Å². The van der Waals surface area contributed by atoms with Gasteiger partial charge in [0.1, 0.15) is 29.4 Å². The Morgan fingerprint density at radius 1 is 1.32 bits per heavy atom. The molecule has 1 aliphatic rings. The fraction of sp³-hybridized carbons (Fsp3) is 0.474. The molecule has 0 saturated heterocycles. The van der Waals surface area contributed by atoms with E-state index in [0.717, 1.165) is 12.0 Å². The zero-order valence-electron chi connectivity index (χ0n) is 15.1. The molecule has 0 aromatic rings. The van der Waals surface area contributed by atoms with Crippen LogP contribution in [0.1, 0.15) is 34.1 Å². The zero-order valence-corrected chi connectivity index (χ0v) is 16.0. The van der Waals surface area contributed by atoms with E-state index >= 15 is 0 Å². The van der Waals surface area contributed by atoms with Gasteiger partial charge in [0.05, 0.1) is 6.61 Å². The predicted octanol–water partition coefficient (Wildman–Crippen LogP) is 4.03. The number of nitriles is 3. The van der Waals surface area contributed by atoms with Crippen LogP contribution >= 0.6 is 11.8 Å². The summed E-state index contributed by atoms with van der Waals surface area (Å²) in [5.41, 5.74) is 1.19. The average Bonchev–Trinajstić information content (AvgIpc) is 2.53. The summed E-state index contributed by atoms with van der Waals surface area (Å²) in [4.78, 5) is 12.8. The molecule has 1 atom stereocenters. The Labute approximate surface area is 153 Å². The molecule has 0 spiro atoms. The molecular weight excluding hydrogens is 334 g/mol. The van der Waals surface area contributed by atoms with Gasteiger partial charge in [0.15, 0.2) is 0 Å². The Hall–Kier alpha value is -2.49. The van der Waals surface area contributed by atoms with E-state index in [1.165, 1.54) is 11.8 Å². The summed E-state index contributed by atoms with van der Waals surface area (Å²) >= 11 is 1.28. The third kappa shape index (κ3) is 4.32. The van der Waals surface area contributed by atoms with E-state index in [4.69, 9.17) is 4.74 Å². The number of allylic oxidation sites excluding steroid dienone is 5. The Bertz CT molecular complexity index is 767. The standard InChI is InChI=1S/C19H21N3O2S/c1-6-24-18(23)15(11-22)17(25-5)16-14(13(9-20)10-21)7-12(2)8-19(16,3)4/h7,16H,6,8H2,1-5H3/b17-15-/t16-/m1/s1. The molecule has 0 unspecified atom stereocenters. The van der Waals surface area contributed by atoms with Crippen LogP contribution in [0.3, 0.4) is 0 Å². The summed E-state index contributed by atoms with van der Waals surface area (Å²) in [5, 5.41) is 28.2. The normalized spacial score (nSPS) is 19.5. The van der Waals surface area contributed by atoms with Crippen molar-refractivity contribution in [2.75, 3.05) is 12.9 Å². The SMILES string of the molecule is CCOC(=O)/C(C#N)=C(\SC)[C@H]1C(=C(C#N)C#N)C=C(C)CC1(C)C. The number of hydrogen-bond donors (Lipinski definition) is 0. The minimum atomic E-state index is -0.675. The molecule has 25 heavy (non-hydrogen) atoms. The molecule has 0 fully saturated rings. The van der Waals surface area contributed by atoms with Gasteiger partial charge < -0.3 is 4.74 Å². The van der Waals surface area contributed by atoms with E-state index < -0.39 is 11.9 Å². The lowest BCUT2D eigenvalue weighted by atomic mass is 9.65. The highest BCUT2D eigenvalue weighted by atomic mass is 32.2. The second-order valence-corrected chi connectivity index (χ2v) is 7.27. The molecular formula is C19H21N3O2S. The third-order valence-corrected chi connectivity index (χ3v) is 4.94. The Morgan fingerprint density at radius 2 is 1.92 bits per heavy atom. The number of carbonyl (C=O) groups is 1. The largest absolute Gasteiger partial charge is 0.462 e. The van der Waals surface area contributed by atoms with Crippen LogP contribution in [0, 0.1) is 45.3 Å². The second-order valence-electron chi connectivity index (χ2n) is 6.42. The minimum absolute atomic E-state index is 0.00447. The van der Waals surface area contributed by atoms with E-state index in [1.807, 2.05) is 45.1 Å². The number of rotatable bonds is 4. The molecule has 0 bridgehead atoms. The van der Waals surface area contributed by atoms with Gasteiger partial charge in [0.2, 0.25) is 0 Å². The van der Waals surface area contributed by atoms with Crippen molar-refractivity contribution in [2.24, 2.45) is 11.3 Å². The van der Waals surface area contributed by atoms with Gasteiger partial charge in [-0.2, -0.15) is 15.8 Å². The minimum Gasteiger partial charge on any atom is -0.462 e. The highest BCUT2D eigenvalue weighted by molar-refractivity contribution is 8.02. The first-order chi connectivity index (χ1) is 11.8. The summed E-state index contributed by atoms with van der Waals surface area (Å²) in [5.74, 6) is -1.08. The molecule has 5 nitrogen and oxygen atoms in total. The highest BCUT2D eigenvalue weighted by Crippen LogP contribution is 2.50. The Kier molecular flexibility index (Phi) is 7.04. The fourth-order valence-corrected chi connectivity index (χ4v) is 4.29. The first-order valence-electron chi connectivity index (χ1n) is 7.84. The van der Waals surface area contributed by atoms with Crippen molar-refractivity contribution in [1.29, 1.82) is 15.8 Å². The Morgan fingerprint density at radius 3 is 2.36 bits per heavy atom. The number of carbonyl (C=O) groups excluding carboxylic acids is 1. The van der Waals surface area contributed by atoms with E-state index in [0.29, 0.717) is 10.5 Å². The van der Waals surface area contributed by atoms with E-state index in [-0.39, 0.29) is 23.2 Å². The lowest BCUT2D eigenvalue weighted by molar-refractivity contribution is -0.138. The van der Waals surface area contributed by atoms with Crippen LogP contribution in [0.5, 0.6) is 0 Å². The molecule has 0 aromatic heterocycles. The predicted molar refractivity (Wildman–Crippen MR) is 96.7 cm³/mol. The quantitative estimate of drug-likeness (QED) is 0.429. The van der Waals surface area contributed by atoms with Crippen LogP contribution in [-0.4, -0.2) is 18.8 Å². The van der Waals surface area contributed by atoms with E-state index in [1.54, 1.807) is 13.2 Å². The van der Waals surface area contributed by atoms with Gasteiger partial charge in [-0.05, 0) is 37.5 Å². The molecule has 1 aliphatic carbocycles. The Balaban J connectivity index is 3.80. The number of ether oxygens (including phenoxy) is 1. The van der Waals surface area contributed by atoms with Crippen molar-refractivity contribution in [3.05, 3.63) is 33.3 Å². The molecule has 0 aliphatic heterocycles. The number of thioether (sulfide) groups is 1. The summed E-state index contributed by atoms with van der Waals surface area (Å²) in [6, 6.07) is 5.84. The molecule has 0 amide bonds. The summed E-state index contributed by atoms with van der Waals surface area (Å²) in [6.45, 7) is 7.82. The smallest absolute Gasteiger partial charge is 0.349 e. The van der Waals surface area contributed by atoms with Gasteiger partial charge in [0.25, 0.3) is 0 Å². The maximum Gasteiger partial charge on any atom is 0.349 e. The number of hydrogen-bond acceptors (Lipinski definition) is 6. The van der Waals surface area contributed by atoms with Gasteiger partial charge >= 0.3 is 5.97 Å². The lowest BCUT2D eigenvalue weighted by Gasteiger charge is -2.40. The van der Waals surface area contributed by atoms with E-state index in [9.17, 15) is 20.6 Å². The number of esters is 1. The monoisotopic (exact) mass is 355 g/mol. The van der Waals surface area contributed by atoms with Crippen molar-refractivity contribution in [3.8, 4) is 18.2 Å². The van der Waals surface area contributed by atoms with Crippen LogP contribution < -0.4 is 0 Å². The van der Waals surface area contributed by atoms with E-state index in [2.05, 4.69) is 0 Å². The van der Waals surface area contributed by atoms with Gasteiger partial charge in [-0.3, -0.25) is 0 Å². The van der Waals surface area contributed by atoms with Gasteiger partial charge in [0, 0.05) is 10.8 Å². The lowest BCUT2D eigenvalue weighted by Crippen LogP contribution is -2.32. The van der Waals surface area contributed by atoms with Crippen molar-refractivity contribution in [3.63, 3.8) is 0 Å². The third-order valence-electron chi connectivity index (χ3n) is 4.06. The molecule has 0 saturated carbocycles. The molecule has 6 heteroatoms. The summed E-state index contributed by atoms with van der Waals surface area (Å²) < 4.78 is 5.01. The van der Waals surface area contributed by atoms with Crippen LogP contribution in [0.4, 0.5) is 0 Å². The first-order valence-corrected chi connectivity index (χ1v) is 9.06. The molecule has 0 radical (unpaired) electrons. The van der Waals surface area contributed by atoms with Crippen molar-refractivity contribution in [2.45, 2.75) is 34.1 Å². The average molecular weight is 355 g/mol.